The van der Waals surface area contributed by atoms with E-state index in [9.17, 15) is 4.79 Å². The van der Waals surface area contributed by atoms with Gasteiger partial charge < -0.3 is 9.47 Å². The summed E-state index contributed by atoms with van der Waals surface area (Å²) in [6, 6.07) is 3.47. The highest BCUT2D eigenvalue weighted by atomic mass is 35.5. The highest BCUT2D eigenvalue weighted by molar-refractivity contribution is 6.43. The highest BCUT2D eigenvalue weighted by Gasteiger charge is 2.29. The van der Waals surface area contributed by atoms with E-state index in [4.69, 9.17) is 32.7 Å². The molecular formula is C13H14Cl2O3. The summed E-state index contributed by atoms with van der Waals surface area (Å²) >= 11 is 12.1. The van der Waals surface area contributed by atoms with Crippen LogP contribution >= 0.6 is 23.2 Å². The Morgan fingerprint density at radius 2 is 2.28 bits per heavy atom. The molecule has 2 rings (SSSR count). The smallest absolute Gasteiger partial charge is 0.313 e. The van der Waals surface area contributed by atoms with Crippen LogP contribution in [0.25, 0.3) is 0 Å². The van der Waals surface area contributed by atoms with Crippen molar-refractivity contribution in [2.24, 2.45) is 0 Å². The van der Waals surface area contributed by atoms with E-state index in [2.05, 4.69) is 0 Å². The summed E-state index contributed by atoms with van der Waals surface area (Å²) in [4.78, 5) is 12.0. The molecule has 1 unspecified atom stereocenters. The molecule has 0 amide bonds. The third kappa shape index (κ3) is 2.57. The van der Waals surface area contributed by atoms with Crippen molar-refractivity contribution in [3.8, 4) is 5.75 Å². The Morgan fingerprint density at radius 3 is 3.00 bits per heavy atom. The third-order valence-electron chi connectivity index (χ3n) is 2.91. The van der Waals surface area contributed by atoms with Crippen LogP contribution in [-0.4, -0.2) is 19.2 Å². The fraction of sp³-hybridized carbons (Fsp3) is 0.462. The van der Waals surface area contributed by atoms with Gasteiger partial charge in [0.2, 0.25) is 0 Å². The number of fused-ring (bicyclic) bond motifs is 1. The average molecular weight is 289 g/mol. The zero-order chi connectivity index (χ0) is 13.1. The number of esters is 1. The van der Waals surface area contributed by atoms with Gasteiger partial charge in [-0.05, 0) is 25.8 Å². The van der Waals surface area contributed by atoms with Crippen LogP contribution in [-0.2, 0) is 9.53 Å². The molecule has 0 saturated carbocycles. The normalized spacial score (nSPS) is 18.5. The number of rotatable bonds is 2. The molecule has 0 aromatic heterocycles. The van der Waals surface area contributed by atoms with Crippen LogP contribution < -0.4 is 4.74 Å². The lowest BCUT2D eigenvalue weighted by Gasteiger charge is -2.16. The van der Waals surface area contributed by atoms with Crippen LogP contribution in [0.5, 0.6) is 5.75 Å². The van der Waals surface area contributed by atoms with Gasteiger partial charge in [-0.1, -0.05) is 29.3 Å². The molecule has 0 spiro atoms. The van der Waals surface area contributed by atoms with Crippen LogP contribution in [0.2, 0.25) is 10.0 Å². The van der Waals surface area contributed by atoms with E-state index >= 15 is 0 Å². The highest BCUT2D eigenvalue weighted by Crippen LogP contribution is 2.42. The number of hydrogen-bond acceptors (Lipinski definition) is 3. The molecule has 0 bridgehead atoms. The summed E-state index contributed by atoms with van der Waals surface area (Å²) in [5, 5.41) is 0.797. The number of benzene rings is 1. The molecule has 18 heavy (non-hydrogen) atoms. The monoisotopic (exact) mass is 288 g/mol. The average Bonchev–Trinajstić information content (AvgIpc) is 2.57. The Labute approximate surface area is 116 Å². The zero-order valence-corrected chi connectivity index (χ0v) is 11.6. The maximum Gasteiger partial charge on any atom is 0.313 e. The van der Waals surface area contributed by atoms with E-state index < -0.39 is 0 Å². The minimum absolute atomic E-state index is 0.234. The lowest BCUT2D eigenvalue weighted by Crippen LogP contribution is -2.15. The summed E-state index contributed by atoms with van der Waals surface area (Å²) < 4.78 is 10.7. The van der Waals surface area contributed by atoms with Crippen molar-refractivity contribution in [1.82, 2.24) is 0 Å². The summed E-state index contributed by atoms with van der Waals surface area (Å²) in [7, 11) is 0. The van der Waals surface area contributed by atoms with Gasteiger partial charge in [-0.25, -0.2) is 0 Å². The van der Waals surface area contributed by atoms with Crippen LogP contribution in [0.15, 0.2) is 12.1 Å². The van der Waals surface area contributed by atoms with Gasteiger partial charge in [0.25, 0.3) is 0 Å². The van der Waals surface area contributed by atoms with Crippen molar-refractivity contribution in [1.29, 1.82) is 0 Å². The minimum atomic E-state index is -0.322. The molecule has 98 valence electrons. The van der Waals surface area contributed by atoms with Gasteiger partial charge in [-0.2, -0.15) is 0 Å². The molecule has 1 aliphatic rings. The summed E-state index contributed by atoms with van der Waals surface area (Å²) in [6.45, 7) is 2.69. The van der Waals surface area contributed by atoms with Gasteiger partial charge in [0.05, 0.1) is 24.2 Å². The quantitative estimate of drug-likeness (QED) is 0.776. The molecule has 3 nitrogen and oxygen atoms in total. The standard InChI is InChI=1S/C13H14Cl2O3/c1-2-17-13(16)9-4-3-7-18-12-8(9)5-6-10(14)11(12)15/h5-6,9H,2-4,7H2,1H3. The lowest BCUT2D eigenvalue weighted by molar-refractivity contribution is -0.145. The molecule has 1 atom stereocenters. The Hall–Kier alpha value is -0.930. The zero-order valence-electron chi connectivity index (χ0n) is 10.0. The first-order chi connectivity index (χ1) is 8.65. The maximum absolute atomic E-state index is 12.0. The summed E-state index contributed by atoms with van der Waals surface area (Å²) in [5.74, 6) is -0.0421. The van der Waals surface area contributed by atoms with E-state index in [1.54, 1.807) is 19.1 Å². The van der Waals surface area contributed by atoms with Gasteiger partial charge in [-0.3, -0.25) is 4.79 Å². The van der Waals surface area contributed by atoms with Gasteiger partial charge in [0, 0.05) is 5.56 Å². The summed E-state index contributed by atoms with van der Waals surface area (Å²) in [6.07, 6.45) is 1.48. The number of halogens is 2. The van der Waals surface area contributed by atoms with E-state index in [-0.39, 0.29) is 11.9 Å². The Morgan fingerprint density at radius 1 is 1.50 bits per heavy atom. The SMILES string of the molecule is CCOC(=O)C1CCCOc2c1ccc(Cl)c2Cl. The van der Waals surface area contributed by atoms with Crippen molar-refractivity contribution in [3.63, 3.8) is 0 Å². The largest absolute Gasteiger partial charge is 0.492 e. The molecule has 0 fully saturated rings. The third-order valence-corrected chi connectivity index (χ3v) is 3.70. The topological polar surface area (TPSA) is 35.5 Å². The second-order valence-corrected chi connectivity index (χ2v) is 4.86. The van der Waals surface area contributed by atoms with E-state index in [0.717, 1.165) is 12.0 Å². The minimum Gasteiger partial charge on any atom is -0.492 e. The summed E-state index contributed by atoms with van der Waals surface area (Å²) in [5.41, 5.74) is 0.764. The predicted molar refractivity (Wildman–Crippen MR) is 70.6 cm³/mol. The van der Waals surface area contributed by atoms with Gasteiger partial charge in [0.15, 0.2) is 0 Å². The molecule has 0 aliphatic carbocycles. The van der Waals surface area contributed by atoms with E-state index in [1.807, 2.05) is 0 Å². The van der Waals surface area contributed by atoms with E-state index in [1.165, 1.54) is 0 Å². The maximum atomic E-state index is 12.0. The molecule has 0 N–H and O–H groups in total. The fourth-order valence-corrected chi connectivity index (χ4v) is 2.45. The van der Waals surface area contributed by atoms with Gasteiger partial charge in [-0.15, -0.1) is 0 Å². The Balaban J connectivity index is 2.42. The molecule has 1 heterocycles. The second kappa shape index (κ2) is 5.81. The second-order valence-electron chi connectivity index (χ2n) is 4.08. The molecule has 1 aliphatic heterocycles. The van der Waals surface area contributed by atoms with Crippen molar-refractivity contribution < 1.29 is 14.3 Å². The molecule has 5 heteroatoms. The van der Waals surface area contributed by atoms with Crippen LogP contribution in [0.3, 0.4) is 0 Å². The number of carbonyl (C=O) groups excluding carboxylic acids is 1. The first-order valence-corrected chi connectivity index (χ1v) is 6.68. The lowest BCUT2D eigenvalue weighted by atomic mass is 9.94. The molecule has 1 aromatic carbocycles. The van der Waals surface area contributed by atoms with Crippen molar-refractivity contribution in [3.05, 3.63) is 27.7 Å². The Kier molecular flexibility index (Phi) is 4.36. The number of hydrogen-bond donors (Lipinski definition) is 0. The van der Waals surface area contributed by atoms with Crippen LogP contribution in [0.4, 0.5) is 0 Å². The van der Waals surface area contributed by atoms with E-state index in [0.29, 0.717) is 35.4 Å². The predicted octanol–water partition coefficient (Wildman–Crippen LogP) is 3.81. The van der Waals surface area contributed by atoms with Crippen molar-refractivity contribution in [2.75, 3.05) is 13.2 Å². The van der Waals surface area contributed by atoms with Crippen molar-refractivity contribution >= 4 is 29.2 Å². The molecule has 1 aromatic rings. The first kappa shape index (κ1) is 13.5. The van der Waals surface area contributed by atoms with Gasteiger partial charge in [0.1, 0.15) is 10.8 Å². The van der Waals surface area contributed by atoms with Gasteiger partial charge >= 0.3 is 5.97 Å². The first-order valence-electron chi connectivity index (χ1n) is 5.92. The number of ether oxygens (including phenoxy) is 2. The van der Waals surface area contributed by atoms with Crippen molar-refractivity contribution in [2.45, 2.75) is 25.7 Å². The molecule has 0 saturated heterocycles. The Bertz CT molecular complexity index is 460. The molecular weight excluding hydrogens is 275 g/mol. The molecule has 0 radical (unpaired) electrons. The van der Waals surface area contributed by atoms with Crippen LogP contribution in [0.1, 0.15) is 31.2 Å². The van der Waals surface area contributed by atoms with Crippen LogP contribution in [0, 0.1) is 0 Å². The fourth-order valence-electron chi connectivity index (χ4n) is 2.07. The number of carbonyl (C=O) groups is 1.